The van der Waals surface area contributed by atoms with Gasteiger partial charge in [-0.25, -0.2) is 4.79 Å². The molecule has 0 saturated carbocycles. The maximum atomic E-state index is 11.9. The number of hydrogen-bond donors (Lipinski definition) is 1. The molecule has 0 amide bonds. The molecule has 114 valence electrons. The van der Waals surface area contributed by atoms with E-state index in [1.54, 1.807) is 6.92 Å². The minimum absolute atomic E-state index is 0.254. The lowest BCUT2D eigenvalue weighted by molar-refractivity contribution is 0.0533. The van der Waals surface area contributed by atoms with Crippen molar-refractivity contribution in [3.63, 3.8) is 0 Å². The van der Waals surface area contributed by atoms with Gasteiger partial charge >= 0.3 is 5.97 Å². The molecule has 0 spiro atoms. The number of esters is 1. The summed E-state index contributed by atoms with van der Waals surface area (Å²) in [7, 11) is 0. The minimum atomic E-state index is -0.442. The van der Waals surface area contributed by atoms with Crippen molar-refractivity contribution < 1.29 is 9.53 Å². The zero-order valence-electron chi connectivity index (χ0n) is 12.7. The Bertz CT molecular complexity index is 574. The molecule has 0 bridgehead atoms. The van der Waals surface area contributed by atoms with Gasteiger partial charge in [-0.1, -0.05) is 13.8 Å². The van der Waals surface area contributed by atoms with Gasteiger partial charge in [-0.15, -0.1) is 11.3 Å². The Hall–Kier alpha value is -1.74. The highest BCUT2D eigenvalue weighted by molar-refractivity contribution is 7.18. The van der Waals surface area contributed by atoms with Crippen LogP contribution in [0.4, 0.5) is 10.7 Å². The van der Waals surface area contributed by atoms with Crippen molar-refractivity contribution >= 4 is 28.0 Å². The van der Waals surface area contributed by atoms with Crippen LogP contribution in [-0.4, -0.2) is 25.7 Å². The molecule has 0 radical (unpaired) electrons. The topological polar surface area (TPSA) is 79.3 Å². The Labute approximate surface area is 129 Å². The van der Waals surface area contributed by atoms with Crippen LogP contribution >= 0.6 is 11.3 Å². The molecule has 1 aliphatic rings. The second-order valence-electron chi connectivity index (χ2n) is 5.60. The summed E-state index contributed by atoms with van der Waals surface area (Å²) in [5.41, 5.74) is 6.63. The SMILES string of the molecule is CCOC(=O)c1sc(N2CCC(C(C)C)C2)c(C#N)c1N. The summed E-state index contributed by atoms with van der Waals surface area (Å²) in [6, 6.07) is 2.14. The molecule has 1 aromatic rings. The molecule has 1 atom stereocenters. The van der Waals surface area contributed by atoms with Crippen molar-refractivity contribution in [1.29, 1.82) is 5.26 Å². The maximum absolute atomic E-state index is 11.9. The summed E-state index contributed by atoms with van der Waals surface area (Å²) in [6.45, 7) is 8.29. The van der Waals surface area contributed by atoms with E-state index in [-0.39, 0.29) is 5.69 Å². The van der Waals surface area contributed by atoms with E-state index < -0.39 is 5.97 Å². The van der Waals surface area contributed by atoms with Crippen LogP contribution in [-0.2, 0) is 4.74 Å². The summed E-state index contributed by atoms with van der Waals surface area (Å²) >= 11 is 1.27. The number of anilines is 2. The first kappa shape index (κ1) is 15.6. The number of carbonyl (C=O) groups excluding carboxylic acids is 1. The van der Waals surface area contributed by atoms with E-state index >= 15 is 0 Å². The first-order valence-electron chi connectivity index (χ1n) is 7.24. The summed E-state index contributed by atoms with van der Waals surface area (Å²) in [6.07, 6.45) is 1.11. The van der Waals surface area contributed by atoms with Crippen molar-refractivity contribution in [2.24, 2.45) is 11.8 Å². The highest BCUT2D eigenvalue weighted by Crippen LogP contribution is 2.41. The van der Waals surface area contributed by atoms with E-state index in [2.05, 4.69) is 24.8 Å². The Balaban J connectivity index is 2.31. The fourth-order valence-electron chi connectivity index (χ4n) is 2.63. The maximum Gasteiger partial charge on any atom is 0.350 e. The largest absolute Gasteiger partial charge is 0.462 e. The highest BCUT2D eigenvalue weighted by atomic mass is 32.1. The van der Waals surface area contributed by atoms with Gasteiger partial charge < -0.3 is 15.4 Å². The van der Waals surface area contributed by atoms with Crippen LogP contribution in [0.1, 0.15) is 42.4 Å². The number of hydrogen-bond acceptors (Lipinski definition) is 6. The molecule has 1 unspecified atom stereocenters. The number of ether oxygens (including phenoxy) is 1. The molecule has 2 rings (SSSR count). The molecule has 0 aromatic carbocycles. The number of nitriles is 1. The molecular formula is C15H21N3O2S. The summed E-state index contributed by atoms with van der Waals surface area (Å²) < 4.78 is 5.01. The van der Waals surface area contributed by atoms with Crippen LogP contribution in [0.15, 0.2) is 0 Å². The average molecular weight is 307 g/mol. The van der Waals surface area contributed by atoms with E-state index in [1.807, 2.05) is 0 Å². The summed E-state index contributed by atoms with van der Waals surface area (Å²) in [5.74, 6) is 0.788. The molecule has 5 nitrogen and oxygen atoms in total. The monoisotopic (exact) mass is 307 g/mol. The predicted octanol–water partition coefficient (Wildman–Crippen LogP) is 2.86. The molecule has 1 saturated heterocycles. The Morgan fingerprint density at radius 2 is 2.33 bits per heavy atom. The predicted molar refractivity (Wildman–Crippen MR) is 84.6 cm³/mol. The lowest BCUT2D eigenvalue weighted by Crippen LogP contribution is -2.21. The zero-order chi connectivity index (χ0) is 15.6. The Morgan fingerprint density at radius 1 is 1.62 bits per heavy atom. The Morgan fingerprint density at radius 3 is 2.86 bits per heavy atom. The Kier molecular flexibility index (Phi) is 4.73. The van der Waals surface area contributed by atoms with E-state index in [0.717, 1.165) is 24.5 Å². The molecule has 0 aliphatic carbocycles. The number of nitrogens with two attached hydrogens (primary N) is 1. The molecule has 1 aliphatic heterocycles. The first-order chi connectivity index (χ1) is 9.99. The minimum Gasteiger partial charge on any atom is -0.462 e. The lowest BCUT2D eigenvalue weighted by Gasteiger charge is -2.18. The molecule has 6 heteroatoms. The number of carbonyl (C=O) groups is 1. The first-order valence-corrected chi connectivity index (χ1v) is 8.05. The molecular weight excluding hydrogens is 286 g/mol. The van der Waals surface area contributed by atoms with Gasteiger partial charge in [0.05, 0.1) is 12.3 Å². The zero-order valence-corrected chi connectivity index (χ0v) is 13.5. The second kappa shape index (κ2) is 6.35. The van der Waals surface area contributed by atoms with E-state index in [0.29, 0.717) is 28.9 Å². The van der Waals surface area contributed by atoms with Crippen molar-refractivity contribution in [3.05, 3.63) is 10.4 Å². The van der Waals surface area contributed by atoms with Crippen LogP contribution in [0.25, 0.3) is 0 Å². The van der Waals surface area contributed by atoms with Gasteiger partial charge in [0, 0.05) is 13.1 Å². The van der Waals surface area contributed by atoms with Gasteiger partial charge in [-0.3, -0.25) is 0 Å². The molecule has 1 fully saturated rings. The highest BCUT2D eigenvalue weighted by Gasteiger charge is 2.30. The molecule has 21 heavy (non-hydrogen) atoms. The van der Waals surface area contributed by atoms with Gasteiger partial charge in [0.1, 0.15) is 21.5 Å². The summed E-state index contributed by atoms with van der Waals surface area (Å²) in [4.78, 5) is 14.4. The van der Waals surface area contributed by atoms with Crippen molar-refractivity contribution in [3.8, 4) is 6.07 Å². The second-order valence-corrected chi connectivity index (χ2v) is 6.60. The van der Waals surface area contributed by atoms with Gasteiger partial charge in [-0.05, 0) is 25.2 Å². The van der Waals surface area contributed by atoms with Crippen molar-refractivity contribution in [2.45, 2.75) is 27.2 Å². The lowest BCUT2D eigenvalue weighted by atomic mass is 9.95. The summed E-state index contributed by atoms with van der Waals surface area (Å²) in [5, 5.41) is 10.2. The smallest absolute Gasteiger partial charge is 0.350 e. The normalized spacial score (nSPS) is 18.0. The number of nitrogens with zero attached hydrogens (tertiary/aromatic N) is 2. The fraction of sp³-hybridized carbons (Fsp3) is 0.600. The molecule has 2 N–H and O–H groups in total. The fourth-order valence-corrected chi connectivity index (χ4v) is 3.73. The standard InChI is InChI=1S/C15H21N3O2S/c1-4-20-15(19)13-12(17)11(7-16)14(21-13)18-6-5-10(8-18)9(2)3/h9-10H,4-6,8,17H2,1-3H3. The van der Waals surface area contributed by atoms with Crippen molar-refractivity contribution in [1.82, 2.24) is 0 Å². The number of rotatable bonds is 4. The van der Waals surface area contributed by atoms with E-state index in [4.69, 9.17) is 10.5 Å². The molecule has 2 heterocycles. The third-order valence-corrected chi connectivity index (χ3v) is 5.20. The van der Waals surface area contributed by atoms with Gasteiger partial charge in [0.25, 0.3) is 0 Å². The van der Waals surface area contributed by atoms with Crippen molar-refractivity contribution in [2.75, 3.05) is 30.3 Å². The number of thiophene rings is 1. The van der Waals surface area contributed by atoms with Gasteiger partial charge in [0.15, 0.2) is 0 Å². The van der Waals surface area contributed by atoms with Crippen LogP contribution in [0.2, 0.25) is 0 Å². The van der Waals surface area contributed by atoms with Crippen LogP contribution in [0.5, 0.6) is 0 Å². The van der Waals surface area contributed by atoms with Gasteiger partial charge in [-0.2, -0.15) is 5.26 Å². The van der Waals surface area contributed by atoms with E-state index in [1.165, 1.54) is 11.3 Å². The van der Waals surface area contributed by atoms with Crippen LogP contribution in [0, 0.1) is 23.2 Å². The average Bonchev–Trinajstić information content (AvgIpc) is 3.03. The number of nitrogen functional groups attached to an aromatic ring is 1. The quantitative estimate of drug-likeness (QED) is 0.865. The van der Waals surface area contributed by atoms with Gasteiger partial charge in [0.2, 0.25) is 0 Å². The molecule has 1 aromatic heterocycles. The third kappa shape index (κ3) is 2.98. The third-order valence-electron chi connectivity index (χ3n) is 3.95. The van der Waals surface area contributed by atoms with Crippen LogP contribution in [0.3, 0.4) is 0 Å². The van der Waals surface area contributed by atoms with E-state index in [9.17, 15) is 10.1 Å². The van der Waals surface area contributed by atoms with Crippen LogP contribution < -0.4 is 10.6 Å².